The van der Waals surface area contributed by atoms with Crippen LogP contribution in [0.5, 0.6) is 0 Å². The van der Waals surface area contributed by atoms with Gasteiger partial charge >= 0.3 is 0 Å². The van der Waals surface area contributed by atoms with Crippen LogP contribution in [0.1, 0.15) is 33.0 Å². The molecule has 5 rings (SSSR count). The molecular weight excluding hydrogens is 431 g/mol. The molecule has 0 radical (unpaired) electrons. The van der Waals surface area contributed by atoms with Crippen LogP contribution < -0.4 is 0 Å². The number of hydrogen-bond acceptors (Lipinski definition) is 3. The summed E-state index contributed by atoms with van der Waals surface area (Å²) in [4.78, 5) is 28.9. The molecule has 2 aliphatic heterocycles. The number of nitrogens with zero attached hydrogens (tertiary/aromatic N) is 2. The molecule has 3 aromatic carbocycles. The number of piperazine rings is 1. The maximum absolute atomic E-state index is 13.6. The lowest BCUT2D eigenvalue weighted by atomic mass is 9.73. The zero-order valence-corrected chi connectivity index (χ0v) is 18.5. The Hall–Kier alpha value is -3.77. The van der Waals surface area contributed by atoms with Gasteiger partial charge in [0, 0.05) is 18.0 Å². The average Bonchev–Trinajstić information content (AvgIpc) is 2.85. The second-order valence-electron chi connectivity index (χ2n) is 8.75. The minimum Gasteiger partial charge on any atom is -0.394 e. The molecule has 2 heterocycles. The Labute approximate surface area is 197 Å². The first-order valence-corrected chi connectivity index (χ1v) is 11.3. The topological polar surface area (TPSA) is 60.9 Å². The summed E-state index contributed by atoms with van der Waals surface area (Å²) in [5, 5.41) is 10.00. The molecule has 2 aliphatic rings. The minimum atomic E-state index is -0.487. The number of halogens is 1. The van der Waals surface area contributed by atoms with E-state index in [1.165, 1.54) is 23.1 Å². The van der Waals surface area contributed by atoms with Gasteiger partial charge in [-0.25, -0.2) is 4.39 Å². The lowest BCUT2D eigenvalue weighted by Gasteiger charge is -2.58. The van der Waals surface area contributed by atoms with Crippen LogP contribution in [0.4, 0.5) is 4.39 Å². The van der Waals surface area contributed by atoms with Crippen LogP contribution >= 0.6 is 0 Å². The number of rotatable bonds is 5. The van der Waals surface area contributed by atoms with Gasteiger partial charge < -0.3 is 14.9 Å². The first-order valence-electron chi connectivity index (χ1n) is 11.3. The number of aliphatic hydroxyl groups excluding tert-OH is 1. The van der Waals surface area contributed by atoms with E-state index >= 15 is 0 Å². The third-order valence-electron chi connectivity index (χ3n) is 6.70. The molecule has 1 N–H and O–H groups in total. The molecule has 0 saturated carbocycles. The molecule has 0 spiro atoms. The normalized spacial score (nSPS) is 21.9. The Morgan fingerprint density at radius 3 is 2.35 bits per heavy atom. The summed E-state index contributed by atoms with van der Waals surface area (Å²) in [6, 6.07) is 23.1. The summed E-state index contributed by atoms with van der Waals surface area (Å²) in [7, 11) is 0. The van der Waals surface area contributed by atoms with Crippen molar-refractivity contribution in [2.45, 2.75) is 18.0 Å². The Bertz CT molecular complexity index is 1230. The predicted octanol–water partition coefficient (Wildman–Crippen LogP) is 3.81. The standard InChI is InChI=1S/C28H25FN2O3/c29-23-8-4-7-22(15-23)28(34)30-16-24-27(25(18-32)31(24)26(33)17-30)21-13-11-20(12-14-21)10-9-19-5-2-1-3-6-19/h1-15,24-25,27,32H,16-18H2/b10-9+/t24-,25+,27+/m0/s1. The van der Waals surface area contributed by atoms with E-state index in [0.29, 0.717) is 6.54 Å². The zero-order chi connectivity index (χ0) is 23.7. The van der Waals surface area contributed by atoms with E-state index in [1.807, 2.05) is 66.7 Å². The Morgan fingerprint density at radius 1 is 0.971 bits per heavy atom. The fraction of sp³-hybridized carbons (Fsp3) is 0.214. The van der Waals surface area contributed by atoms with Gasteiger partial charge in [0.05, 0.1) is 18.7 Å². The lowest BCUT2D eigenvalue weighted by molar-refractivity contribution is -0.159. The molecule has 0 aromatic heterocycles. The van der Waals surface area contributed by atoms with E-state index in [2.05, 4.69) is 0 Å². The largest absolute Gasteiger partial charge is 0.394 e. The highest BCUT2D eigenvalue weighted by molar-refractivity contribution is 5.97. The van der Waals surface area contributed by atoms with E-state index in [0.717, 1.165) is 16.7 Å². The van der Waals surface area contributed by atoms with Crippen LogP contribution in [-0.4, -0.2) is 58.5 Å². The number of hydrogen-bond donors (Lipinski definition) is 1. The van der Waals surface area contributed by atoms with Crippen molar-refractivity contribution in [2.24, 2.45) is 0 Å². The van der Waals surface area contributed by atoms with Gasteiger partial charge in [0.2, 0.25) is 5.91 Å². The van der Waals surface area contributed by atoms with Crippen LogP contribution in [0.15, 0.2) is 78.9 Å². The average molecular weight is 457 g/mol. The number of carbonyl (C=O) groups is 2. The second-order valence-corrected chi connectivity index (χ2v) is 8.75. The van der Waals surface area contributed by atoms with E-state index in [9.17, 15) is 19.1 Å². The first kappa shape index (κ1) is 22.0. The molecular formula is C28H25FN2O3. The highest BCUT2D eigenvalue weighted by Gasteiger charge is 2.54. The molecule has 2 fully saturated rings. The first-order chi connectivity index (χ1) is 16.5. The summed E-state index contributed by atoms with van der Waals surface area (Å²) < 4.78 is 13.6. The van der Waals surface area contributed by atoms with Crippen molar-refractivity contribution in [3.05, 3.63) is 107 Å². The summed E-state index contributed by atoms with van der Waals surface area (Å²) in [5.41, 5.74) is 3.41. The highest BCUT2D eigenvalue weighted by atomic mass is 19.1. The molecule has 2 amide bonds. The Kier molecular flexibility index (Phi) is 5.99. The van der Waals surface area contributed by atoms with Gasteiger partial charge in [-0.1, -0.05) is 72.8 Å². The quantitative estimate of drug-likeness (QED) is 0.594. The van der Waals surface area contributed by atoms with Crippen LogP contribution in [0.2, 0.25) is 0 Å². The molecule has 0 unspecified atom stereocenters. The van der Waals surface area contributed by atoms with E-state index < -0.39 is 5.82 Å². The maximum atomic E-state index is 13.6. The number of aliphatic hydroxyl groups is 1. The number of carbonyl (C=O) groups excluding carboxylic acids is 2. The summed E-state index contributed by atoms with van der Waals surface area (Å²) in [6.45, 7) is 0.136. The fourth-order valence-electron chi connectivity index (χ4n) is 5.04. The number of benzene rings is 3. The zero-order valence-electron chi connectivity index (χ0n) is 18.5. The van der Waals surface area contributed by atoms with Gasteiger partial charge in [-0.05, 0) is 34.9 Å². The number of fused-ring (bicyclic) bond motifs is 1. The molecule has 34 heavy (non-hydrogen) atoms. The smallest absolute Gasteiger partial charge is 0.254 e. The van der Waals surface area contributed by atoms with Crippen molar-refractivity contribution in [1.82, 2.24) is 9.80 Å². The maximum Gasteiger partial charge on any atom is 0.254 e. The minimum absolute atomic E-state index is 0.0711. The molecule has 6 heteroatoms. The van der Waals surface area contributed by atoms with Crippen molar-refractivity contribution in [3.8, 4) is 0 Å². The van der Waals surface area contributed by atoms with Gasteiger partial charge in [-0.2, -0.15) is 0 Å². The van der Waals surface area contributed by atoms with E-state index in [-0.39, 0.29) is 48.5 Å². The molecule has 5 nitrogen and oxygen atoms in total. The van der Waals surface area contributed by atoms with Crippen LogP contribution in [-0.2, 0) is 4.79 Å². The molecule has 3 aromatic rings. The Balaban J connectivity index is 1.34. The van der Waals surface area contributed by atoms with Crippen molar-refractivity contribution >= 4 is 24.0 Å². The van der Waals surface area contributed by atoms with E-state index in [1.54, 1.807) is 11.0 Å². The molecule has 0 bridgehead atoms. The predicted molar refractivity (Wildman–Crippen MR) is 128 cm³/mol. The fourth-order valence-corrected chi connectivity index (χ4v) is 5.04. The summed E-state index contributed by atoms with van der Waals surface area (Å²) >= 11 is 0. The Morgan fingerprint density at radius 2 is 1.68 bits per heavy atom. The monoisotopic (exact) mass is 456 g/mol. The SMILES string of the molecule is O=C(c1cccc(F)c1)N1CC(=O)N2[C@H](CO)[C@H](c3ccc(/C=C/c4ccccc4)cc3)[C@@H]2C1. The van der Waals surface area contributed by atoms with Crippen LogP contribution in [0.25, 0.3) is 12.2 Å². The summed E-state index contributed by atoms with van der Waals surface area (Å²) in [5.74, 6) is -1.12. The second kappa shape index (κ2) is 9.23. The summed E-state index contributed by atoms with van der Waals surface area (Å²) in [6.07, 6.45) is 4.09. The molecule has 0 aliphatic carbocycles. The van der Waals surface area contributed by atoms with Gasteiger partial charge in [-0.3, -0.25) is 9.59 Å². The highest BCUT2D eigenvalue weighted by Crippen LogP contribution is 2.43. The van der Waals surface area contributed by atoms with Crippen LogP contribution in [0, 0.1) is 5.82 Å². The third kappa shape index (κ3) is 4.13. The van der Waals surface area contributed by atoms with Gasteiger partial charge in [0.25, 0.3) is 5.91 Å². The third-order valence-corrected chi connectivity index (χ3v) is 6.70. The van der Waals surface area contributed by atoms with Gasteiger partial charge in [0.15, 0.2) is 0 Å². The van der Waals surface area contributed by atoms with Gasteiger partial charge in [-0.15, -0.1) is 0 Å². The number of amides is 2. The lowest BCUT2D eigenvalue weighted by Crippen LogP contribution is -2.73. The molecule has 172 valence electrons. The van der Waals surface area contributed by atoms with Crippen LogP contribution in [0.3, 0.4) is 0 Å². The van der Waals surface area contributed by atoms with Crippen molar-refractivity contribution in [1.29, 1.82) is 0 Å². The van der Waals surface area contributed by atoms with Gasteiger partial charge in [0.1, 0.15) is 12.4 Å². The van der Waals surface area contributed by atoms with E-state index in [4.69, 9.17) is 0 Å². The van der Waals surface area contributed by atoms with Crippen molar-refractivity contribution in [3.63, 3.8) is 0 Å². The van der Waals surface area contributed by atoms with Crippen molar-refractivity contribution in [2.75, 3.05) is 19.7 Å². The van der Waals surface area contributed by atoms with Crippen molar-refractivity contribution < 1.29 is 19.1 Å². The molecule has 3 atom stereocenters. The molecule has 2 saturated heterocycles.